The second kappa shape index (κ2) is 4.74. The van der Waals surface area contributed by atoms with Gasteiger partial charge in [0.15, 0.2) is 0 Å². The number of hydrogen-bond donors (Lipinski definition) is 1. The number of carbonyl (C=O) groups excluding carboxylic acids is 1. The van der Waals surface area contributed by atoms with E-state index in [2.05, 4.69) is 19.2 Å². The van der Waals surface area contributed by atoms with Crippen molar-refractivity contribution in [2.45, 2.75) is 51.6 Å². The Bertz CT molecular complexity index is 267. The van der Waals surface area contributed by atoms with Gasteiger partial charge in [-0.15, -0.1) is 0 Å². The Hall–Kier alpha value is -0.570. The van der Waals surface area contributed by atoms with Crippen molar-refractivity contribution >= 4 is 5.91 Å². The van der Waals surface area contributed by atoms with Crippen molar-refractivity contribution in [1.82, 2.24) is 10.2 Å². The summed E-state index contributed by atoms with van der Waals surface area (Å²) in [5, 5.41) is 3.58. The van der Waals surface area contributed by atoms with Crippen molar-refractivity contribution in [1.29, 1.82) is 0 Å². The van der Waals surface area contributed by atoms with E-state index in [1.165, 1.54) is 19.3 Å². The molecule has 1 saturated carbocycles. The zero-order valence-electron chi connectivity index (χ0n) is 10.7. The third-order valence-electron chi connectivity index (χ3n) is 4.27. The second-order valence-corrected chi connectivity index (χ2v) is 5.77. The SMILES string of the molecule is CC1CCC(NC2CCN(C)C2=O)C(C)C1. The van der Waals surface area contributed by atoms with Gasteiger partial charge in [0, 0.05) is 19.6 Å². The van der Waals surface area contributed by atoms with Crippen molar-refractivity contribution in [2.75, 3.05) is 13.6 Å². The van der Waals surface area contributed by atoms with Gasteiger partial charge in [0.1, 0.15) is 0 Å². The van der Waals surface area contributed by atoms with Crippen molar-refractivity contribution in [2.24, 2.45) is 11.8 Å². The highest BCUT2D eigenvalue weighted by Gasteiger charge is 2.33. The maximum absolute atomic E-state index is 11.8. The molecule has 16 heavy (non-hydrogen) atoms. The first-order valence-corrected chi connectivity index (χ1v) is 6.59. The number of likely N-dealkylation sites (tertiary alicyclic amines) is 1. The lowest BCUT2D eigenvalue weighted by molar-refractivity contribution is -0.128. The van der Waals surface area contributed by atoms with Crippen molar-refractivity contribution in [3.63, 3.8) is 0 Å². The predicted octanol–water partition coefficient (Wildman–Crippen LogP) is 1.63. The number of likely N-dealkylation sites (N-methyl/N-ethyl adjacent to an activating group) is 1. The maximum atomic E-state index is 11.8. The van der Waals surface area contributed by atoms with Gasteiger partial charge < -0.3 is 10.2 Å². The van der Waals surface area contributed by atoms with E-state index in [0.717, 1.165) is 18.9 Å². The van der Waals surface area contributed by atoms with Crippen LogP contribution in [0.25, 0.3) is 0 Å². The molecule has 0 radical (unpaired) electrons. The van der Waals surface area contributed by atoms with E-state index in [1.54, 1.807) is 0 Å². The Balaban J connectivity index is 1.88. The normalized spacial score (nSPS) is 40.4. The van der Waals surface area contributed by atoms with Gasteiger partial charge in [-0.25, -0.2) is 0 Å². The fourth-order valence-corrected chi connectivity index (χ4v) is 3.15. The predicted molar refractivity (Wildman–Crippen MR) is 65.1 cm³/mol. The summed E-state index contributed by atoms with van der Waals surface area (Å²) in [6.45, 7) is 5.56. The van der Waals surface area contributed by atoms with E-state index in [1.807, 2.05) is 11.9 Å². The van der Waals surface area contributed by atoms with Gasteiger partial charge in [-0.1, -0.05) is 13.8 Å². The molecule has 0 aromatic rings. The van der Waals surface area contributed by atoms with E-state index in [9.17, 15) is 4.79 Å². The minimum absolute atomic E-state index is 0.0888. The van der Waals surface area contributed by atoms with Crippen LogP contribution in [0.15, 0.2) is 0 Å². The lowest BCUT2D eigenvalue weighted by Crippen LogP contribution is -2.47. The van der Waals surface area contributed by atoms with Crippen LogP contribution in [0.5, 0.6) is 0 Å². The minimum Gasteiger partial charge on any atom is -0.344 e. The Morgan fingerprint density at radius 1 is 1.25 bits per heavy atom. The minimum atomic E-state index is 0.0888. The standard InChI is InChI=1S/C13H24N2O/c1-9-4-5-11(10(2)8-9)14-12-6-7-15(3)13(12)16/h9-12,14H,4-8H2,1-3H3. The van der Waals surface area contributed by atoms with Gasteiger partial charge >= 0.3 is 0 Å². The van der Waals surface area contributed by atoms with Crippen LogP contribution in [0.4, 0.5) is 0 Å². The lowest BCUT2D eigenvalue weighted by Gasteiger charge is -2.34. The summed E-state index contributed by atoms with van der Waals surface area (Å²) in [6, 6.07) is 0.641. The third-order valence-corrected chi connectivity index (χ3v) is 4.27. The molecular weight excluding hydrogens is 200 g/mol. The van der Waals surface area contributed by atoms with Crippen LogP contribution in [0.3, 0.4) is 0 Å². The fraction of sp³-hybridized carbons (Fsp3) is 0.923. The van der Waals surface area contributed by atoms with Gasteiger partial charge in [-0.2, -0.15) is 0 Å². The number of amides is 1. The van der Waals surface area contributed by atoms with Crippen molar-refractivity contribution in [3.8, 4) is 0 Å². The van der Waals surface area contributed by atoms with Gasteiger partial charge in [0.25, 0.3) is 0 Å². The first-order chi connectivity index (χ1) is 7.58. The first-order valence-electron chi connectivity index (χ1n) is 6.59. The number of nitrogens with zero attached hydrogens (tertiary/aromatic N) is 1. The summed E-state index contributed by atoms with van der Waals surface area (Å²) >= 11 is 0. The summed E-state index contributed by atoms with van der Waals surface area (Å²) in [7, 11) is 1.90. The van der Waals surface area contributed by atoms with E-state index >= 15 is 0 Å². The number of hydrogen-bond acceptors (Lipinski definition) is 2. The van der Waals surface area contributed by atoms with Crippen molar-refractivity contribution in [3.05, 3.63) is 0 Å². The Morgan fingerprint density at radius 3 is 2.56 bits per heavy atom. The molecule has 1 aliphatic carbocycles. The molecule has 0 bridgehead atoms. The molecular formula is C13H24N2O. The molecule has 2 fully saturated rings. The molecule has 0 aromatic carbocycles. The van der Waals surface area contributed by atoms with Crippen LogP contribution in [0.2, 0.25) is 0 Å². The highest BCUT2D eigenvalue weighted by atomic mass is 16.2. The molecule has 1 heterocycles. The van der Waals surface area contributed by atoms with E-state index in [0.29, 0.717) is 12.0 Å². The number of nitrogens with one attached hydrogen (secondary N) is 1. The quantitative estimate of drug-likeness (QED) is 0.773. The fourth-order valence-electron chi connectivity index (χ4n) is 3.15. The molecule has 2 rings (SSSR count). The van der Waals surface area contributed by atoms with E-state index in [-0.39, 0.29) is 11.9 Å². The molecule has 0 aromatic heterocycles. The maximum Gasteiger partial charge on any atom is 0.239 e. The molecule has 92 valence electrons. The average Bonchev–Trinajstić information content (AvgIpc) is 2.54. The van der Waals surface area contributed by atoms with Crippen molar-refractivity contribution < 1.29 is 4.79 Å². The van der Waals surface area contributed by atoms with Gasteiger partial charge in [0.05, 0.1) is 6.04 Å². The lowest BCUT2D eigenvalue weighted by atomic mass is 9.79. The molecule has 3 nitrogen and oxygen atoms in total. The Morgan fingerprint density at radius 2 is 2.00 bits per heavy atom. The largest absolute Gasteiger partial charge is 0.344 e. The summed E-state index contributed by atoms with van der Waals surface area (Å²) in [5.41, 5.74) is 0. The monoisotopic (exact) mass is 224 g/mol. The molecule has 4 unspecified atom stereocenters. The number of carbonyl (C=O) groups is 1. The van der Waals surface area contributed by atoms with Crippen LogP contribution in [0.1, 0.15) is 39.5 Å². The summed E-state index contributed by atoms with van der Waals surface area (Å²) < 4.78 is 0. The molecule has 3 heteroatoms. The first kappa shape index (κ1) is 11.9. The highest BCUT2D eigenvalue weighted by molar-refractivity contribution is 5.83. The summed E-state index contributed by atoms with van der Waals surface area (Å²) in [5.74, 6) is 1.85. The third kappa shape index (κ3) is 2.40. The zero-order valence-corrected chi connectivity index (χ0v) is 10.7. The highest BCUT2D eigenvalue weighted by Crippen LogP contribution is 2.29. The van der Waals surface area contributed by atoms with Crippen LogP contribution < -0.4 is 5.32 Å². The van der Waals surface area contributed by atoms with Gasteiger partial charge in [0.2, 0.25) is 5.91 Å². The van der Waals surface area contributed by atoms with Gasteiger partial charge in [-0.05, 0) is 37.5 Å². The molecule has 1 N–H and O–H groups in total. The van der Waals surface area contributed by atoms with Crippen LogP contribution in [0, 0.1) is 11.8 Å². The molecule has 1 saturated heterocycles. The molecule has 2 aliphatic rings. The Labute approximate surface area is 98.6 Å². The molecule has 1 aliphatic heterocycles. The molecule has 0 spiro atoms. The summed E-state index contributed by atoms with van der Waals surface area (Å²) in [4.78, 5) is 13.7. The molecule has 4 atom stereocenters. The van der Waals surface area contributed by atoms with E-state index < -0.39 is 0 Å². The van der Waals surface area contributed by atoms with Crippen LogP contribution >= 0.6 is 0 Å². The number of rotatable bonds is 2. The second-order valence-electron chi connectivity index (χ2n) is 5.77. The smallest absolute Gasteiger partial charge is 0.239 e. The Kier molecular flexibility index (Phi) is 3.53. The zero-order chi connectivity index (χ0) is 11.7. The average molecular weight is 224 g/mol. The summed E-state index contributed by atoms with van der Waals surface area (Å²) in [6.07, 6.45) is 4.82. The van der Waals surface area contributed by atoms with Crippen LogP contribution in [-0.4, -0.2) is 36.5 Å². The van der Waals surface area contributed by atoms with Crippen LogP contribution in [-0.2, 0) is 4.79 Å². The molecule has 1 amide bonds. The van der Waals surface area contributed by atoms with E-state index in [4.69, 9.17) is 0 Å². The topological polar surface area (TPSA) is 32.3 Å². The van der Waals surface area contributed by atoms with Gasteiger partial charge in [-0.3, -0.25) is 4.79 Å².